The van der Waals surface area contributed by atoms with Crippen LogP contribution >= 0.6 is 15.9 Å². The number of hydrogen-bond acceptors (Lipinski definition) is 2. The molecule has 1 aliphatic rings. The predicted molar refractivity (Wildman–Crippen MR) is 95.9 cm³/mol. The summed E-state index contributed by atoms with van der Waals surface area (Å²) in [4.78, 5) is 2.53. The van der Waals surface area contributed by atoms with Crippen molar-refractivity contribution in [2.45, 2.75) is 47.1 Å². The normalized spacial score (nSPS) is 18.3. The smallest absolute Gasteiger partial charge is 0.0511 e. The van der Waals surface area contributed by atoms with E-state index >= 15 is 0 Å². The van der Waals surface area contributed by atoms with Crippen LogP contribution in [-0.4, -0.2) is 19.6 Å². The lowest BCUT2D eigenvalue weighted by Gasteiger charge is -2.40. The Bertz CT molecular complexity index is 468. The molecular weight excluding hydrogens is 324 g/mol. The second-order valence-corrected chi connectivity index (χ2v) is 8.35. The van der Waals surface area contributed by atoms with Crippen molar-refractivity contribution < 1.29 is 0 Å². The standard InChI is InChI=1S/C18H29BrN2/c1-14(2)11-20-12-15-6-7-17(16(19)10-15)21-9-5-8-18(3,4)13-21/h6-7,10,14,20H,5,8-9,11-13H2,1-4H3. The summed E-state index contributed by atoms with van der Waals surface area (Å²) < 4.78 is 1.23. The van der Waals surface area contributed by atoms with Crippen molar-refractivity contribution in [2.75, 3.05) is 24.5 Å². The lowest BCUT2D eigenvalue weighted by Crippen LogP contribution is -2.40. The van der Waals surface area contributed by atoms with Gasteiger partial charge in [-0.1, -0.05) is 33.8 Å². The molecule has 1 aromatic rings. The van der Waals surface area contributed by atoms with Crippen LogP contribution in [0.4, 0.5) is 5.69 Å². The van der Waals surface area contributed by atoms with Crippen molar-refractivity contribution in [2.24, 2.45) is 11.3 Å². The maximum atomic E-state index is 3.77. The van der Waals surface area contributed by atoms with Crippen molar-refractivity contribution in [3.8, 4) is 0 Å². The topological polar surface area (TPSA) is 15.3 Å². The Morgan fingerprint density at radius 3 is 2.71 bits per heavy atom. The van der Waals surface area contributed by atoms with Crippen LogP contribution in [0, 0.1) is 11.3 Å². The van der Waals surface area contributed by atoms with Gasteiger partial charge in [0.1, 0.15) is 0 Å². The van der Waals surface area contributed by atoms with E-state index in [4.69, 9.17) is 0 Å². The largest absolute Gasteiger partial charge is 0.370 e. The molecule has 0 amide bonds. The van der Waals surface area contributed by atoms with Gasteiger partial charge < -0.3 is 10.2 Å². The first kappa shape index (κ1) is 16.8. The number of nitrogens with zero attached hydrogens (tertiary/aromatic N) is 1. The Kier molecular flexibility index (Phi) is 5.73. The van der Waals surface area contributed by atoms with Crippen LogP contribution in [0.2, 0.25) is 0 Å². The maximum Gasteiger partial charge on any atom is 0.0511 e. The van der Waals surface area contributed by atoms with Crippen molar-refractivity contribution >= 4 is 21.6 Å². The fraction of sp³-hybridized carbons (Fsp3) is 0.667. The molecule has 3 heteroatoms. The highest BCUT2D eigenvalue weighted by Crippen LogP contribution is 2.35. The van der Waals surface area contributed by atoms with E-state index in [2.05, 4.69) is 72.0 Å². The Hall–Kier alpha value is -0.540. The minimum absolute atomic E-state index is 0.426. The summed E-state index contributed by atoms with van der Waals surface area (Å²) in [6, 6.07) is 6.80. The fourth-order valence-corrected chi connectivity index (χ4v) is 3.73. The minimum Gasteiger partial charge on any atom is -0.370 e. The number of anilines is 1. The summed E-state index contributed by atoms with van der Waals surface area (Å²) in [5.41, 5.74) is 3.12. The van der Waals surface area contributed by atoms with Crippen molar-refractivity contribution in [1.29, 1.82) is 0 Å². The molecule has 1 saturated heterocycles. The SMILES string of the molecule is CC(C)CNCc1ccc(N2CCCC(C)(C)C2)c(Br)c1. The molecule has 0 aliphatic carbocycles. The minimum atomic E-state index is 0.426. The van der Waals surface area contributed by atoms with Gasteiger partial charge in [-0.2, -0.15) is 0 Å². The first-order valence-electron chi connectivity index (χ1n) is 8.11. The highest BCUT2D eigenvalue weighted by atomic mass is 79.9. The Morgan fingerprint density at radius 2 is 2.10 bits per heavy atom. The first-order valence-corrected chi connectivity index (χ1v) is 8.91. The average Bonchev–Trinajstić information content (AvgIpc) is 2.37. The maximum absolute atomic E-state index is 3.77. The molecule has 0 atom stereocenters. The summed E-state index contributed by atoms with van der Waals surface area (Å²) >= 11 is 3.77. The molecule has 1 aliphatic heterocycles. The molecular formula is C18H29BrN2. The molecule has 21 heavy (non-hydrogen) atoms. The molecule has 1 heterocycles. The summed E-state index contributed by atoms with van der Waals surface area (Å²) in [6.07, 6.45) is 2.62. The van der Waals surface area contributed by atoms with E-state index in [1.54, 1.807) is 0 Å². The van der Waals surface area contributed by atoms with E-state index in [9.17, 15) is 0 Å². The summed E-state index contributed by atoms with van der Waals surface area (Å²) in [5, 5.41) is 3.51. The zero-order chi connectivity index (χ0) is 15.5. The third-order valence-corrected chi connectivity index (χ3v) is 4.77. The molecule has 1 fully saturated rings. The van der Waals surface area contributed by atoms with Crippen LogP contribution in [-0.2, 0) is 6.54 Å². The van der Waals surface area contributed by atoms with Gasteiger partial charge in [-0.15, -0.1) is 0 Å². The molecule has 0 saturated carbocycles. The van der Waals surface area contributed by atoms with Gasteiger partial charge in [0.25, 0.3) is 0 Å². The van der Waals surface area contributed by atoms with E-state index in [1.807, 2.05) is 0 Å². The lowest BCUT2D eigenvalue weighted by molar-refractivity contribution is 0.293. The van der Waals surface area contributed by atoms with Crippen LogP contribution in [0.15, 0.2) is 22.7 Å². The molecule has 0 spiro atoms. The first-order chi connectivity index (χ1) is 9.87. The van der Waals surface area contributed by atoms with Gasteiger partial charge in [-0.05, 0) is 64.3 Å². The number of rotatable bonds is 5. The fourth-order valence-electron chi connectivity index (χ4n) is 3.05. The van der Waals surface area contributed by atoms with Crippen LogP contribution in [0.1, 0.15) is 46.1 Å². The van der Waals surface area contributed by atoms with E-state index in [0.29, 0.717) is 11.3 Å². The van der Waals surface area contributed by atoms with E-state index < -0.39 is 0 Å². The number of benzene rings is 1. The Morgan fingerprint density at radius 1 is 1.33 bits per heavy atom. The molecule has 2 nitrogen and oxygen atoms in total. The third kappa shape index (κ3) is 5.00. The molecule has 0 aromatic heterocycles. The van der Waals surface area contributed by atoms with Gasteiger partial charge >= 0.3 is 0 Å². The number of piperidine rings is 1. The third-order valence-electron chi connectivity index (χ3n) is 4.13. The molecule has 0 unspecified atom stereocenters. The van der Waals surface area contributed by atoms with Crippen LogP contribution in [0.5, 0.6) is 0 Å². The van der Waals surface area contributed by atoms with Gasteiger partial charge in [0.2, 0.25) is 0 Å². The van der Waals surface area contributed by atoms with Crippen LogP contribution in [0.25, 0.3) is 0 Å². The number of nitrogens with one attached hydrogen (secondary N) is 1. The van der Waals surface area contributed by atoms with E-state index in [0.717, 1.165) is 19.6 Å². The molecule has 0 radical (unpaired) electrons. The monoisotopic (exact) mass is 352 g/mol. The van der Waals surface area contributed by atoms with Gasteiger partial charge in [0.15, 0.2) is 0 Å². The van der Waals surface area contributed by atoms with E-state index in [1.165, 1.54) is 35.1 Å². The number of halogens is 1. The Balaban J connectivity index is 2.02. The second-order valence-electron chi connectivity index (χ2n) is 7.50. The van der Waals surface area contributed by atoms with Crippen LogP contribution in [0.3, 0.4) is 0 Å². The van der Waals surface area contributed by atoms with E-state index in [-0.39, 0.29) is 0 Å². The predicted octanol–water partition coefficient (Wildman–Crippen LogP) is 4.82. The summed E-state index contributed by atoms with van der Waals surface area (Å²) in [5.74, 6) is 0.697. The average molecular weight is 353 g/mol. The molecule has 118 valence electrons. The summed E-state index contributed by atoms with van der Waals surface area (Å²) in [7, 11) is 0. The highest BCUT2D eigenvalue weighted by molar-refractivity contribution is 9.10. The number of hydrogen-bond donors (Lipinski definition) is 1. The molecule has 2 rings (SSSR count). The van der Waals surface area contributed by atoms with Gasteiger partial charge in [0, 0.05) is 24.1 Å². The Labute approximate surface area is 138 Å². The van der Waals surface area contributed by atoms with Gasteiger partial charge in [-0.25, -0.2) is 0 Å². The highest BCUT2D eigenvalue weighted by Gasteiger charge is 2.27. The van der Waals surface area contributed by atoms with Gasteiger partial charge in [0.05, 0.1) is 5.69 Å². The summed E-state index contributed by atoms with van der Waals surface area (Å²) in [6.45, 7) is 13.6. The van der Waals surface area contributed by atoms with Gasteiger partial charge in [-0.3, -0.25) is 0 Å². The zero-order valence-corrected chi connectivity index (χ0v) is 15.5. The molecule has 0 bridgehead atoms. The molecule has 1 N–H and O–H groups in total. The van der Waals surface area contributed by atoms with Crippen molar-refractivity contribution in [3.63, 3.8) is 0 Å². The van der Waals surface area contributed by atoms with Crippen LogP contribution < -0.4 is 10.2 Å². The van der Waals surface area contributed by atoms with Crippen molar-refractivity contribution in [1.82, 2.24) is 5.32 Å². The van der Waals surface area contributed by atoms with Crippen molar-refractivity contribution in [3.05, 3.63) is 28.2 Å². The zero-order valence-electron chi connectivity index (χ0n) is 13.9. The second kappa shape index (κ2) is 7.15. The quantitative estimate of drug-likeness (QED) is 0.816. The molecule has 1 aromatic carbocycles. The lowest BCUT2D eigenvalue weighted by atomic mass is 9.84.